The van der Waals surface area contributed by atoms with Gasteiger partial charge in [-0.15, -0.1) is 10.2 Å². The Morgan fingerprint density at radius 3 is 2.58 bits per heavy atom. The summed E-state index contributed by atoms with van der Waals surface area (Å²) in [6, 6.07) is 15.1. The molecule has 8 nitrogen and oxygen atoms in total. The number of anilines is 2. The third kappa shape index (κ3) is 5.18. The zero-order valence-corrected chi connectivity index (χ0v) is 20.9. The Morgan fingerprint density at radius 1 is 0.944 bits per heavy atom. The summed E-state index contributed by atoms with van der Waals surface area (Å²) in [7, 11) is 1.63. The number of likely N-dealkylation sites (tertiary alicyclic amines) is 1. The third-order valence-electron chi connectivity index (χ3n) is 6.57. The van der Waals surface area contributed by atoms with E-state index < -0.39 is 0 Å². The minimum atomic E-state index is 0.232. The molecule has 1 fully saturated rings. The van der Waals surface area contributed by atoms with Crippen LogP contribution in [0.4, 0.5) is 11.6 Å². The van der Waals surface area contributed by atoms with Crippen LogP contribution in [0, 0.1) is 13.8 Å². The molecule has 1 saturated heterocycles. The molecule has 5 rings (SSSR count). The lowest BCUT2D eigenvalue weighted by Gasteiger charge is -2.16. The van der Waals surface area contributed by atoms with Crippen LogP contribution in [0.2, 0.25) is 0 Å². The Kier molecular flexibility index (Phi) is 6.86. The molecule has 1 aliphatic rings. The molecule has 186 valence electrons. The molecular formula is C28H31N5O3. The van der Waals surface area contributed by atoms with Crippen molar-refractivity contribution in [1.29, 1.82) is 0 Å². The smallest absolute Gasteiger partial charge is 0.247 e. The fourth-order valence-corrected chi connectivity index (χ4v) is 4.63. The van der Waals surface area contributed by atoms with Crippen LogP contribution >= 0.6 is 0 Å². The van der Waals surface area contributed by atoms with Crippen molar-refractivity contribution < 1.29 is 14.6 Å². The van der Waals surface area contributed by atoms with Crippen molar-refractivity contribution in [2.75, 3.05) is 38.7 Å². The molecule has 0 spiro atoms. The monoisotopic (exact) mass is 485 g/mol. The summed E-state index contributed by atoms with van der Waals surface area (Å²) in [6.07, 6.45) is 2.54. The van der Waals surface area contributed by atoms with Crippen LogP contribution in [0.25, 0.3) is 22.2 Å². The van der Waals surface area contributed by atoms with E-state index in [0.29, 0.717) is 29.6 Å². The molecule has 0 unspecified atom stereocenters. The van der Waals surface area contributed by atoms with Crippen LogP contribution in [-0.4, -0.2) is 58.5 Å². The molecule has 8 heteroatoms. The summed E-state index contributed by atoms with van der Waals surface area (Å²) in [5, 5.41) is 21.9. The molecule has 0 saturated carbocycles. The number of aromatic nitrogens is 3. The highest BCUT2D eigenvalue weighted by Gasteiger charge is 2.14. The maximum atomic E-state index is 9.93. The number of aromatic hydroxyl groups is 1. The Balaban J connectivity index is 1.33. The molecule has 4 aromatic rings. The molecule has 0 radical (unpaired) electrons. The minimum absolute atomic E-state index is 0.232. The quantitative estimate of drug-likeness (QED) is 0.350. The number of hydrogen-bond donors (Lipinski definition) is 2. The second kappa shape index (κ2) is 10.4. The molecule has 0 aliphatic carbocycles. The van der Waals surface area contributed by atoms with Gasteiger partial charge >= 0.3 is 0 Å². The number of methoxy groups -OCH3 is 1. The normalized spacial score (nSPS) is 13.8. The second-order valence-electron chi connectivity index (χ2n) is 9.18. The van der Waals surface area contributed by atoms with Crippen LogP contribution in [0.3, 0.4) is 0 Å². The van der Waals surface area contributed by atoms with E-state index in [1.54, 1.807) is 19.2 Å². The first-order valence-corrected chi connectivity index (χ1v) is 12.3. The largest absolute Gasteiger partial charge is 0.508 e. The molecule has 0 amide bonds. The van der Waals surface area contributed by atoms with Crippen LogP contribution in [0.1, 0.15) is 24.0 Å². The Labute approximate surface area is 210 Å². The number of hydrogen-bond acceptors (Lipinski definition) is 8. The predicted octanol–water partition coefficient (Wildman–Crippen LogP) is 5.24. The number of fused-ring (bicyclic) bond motifs is 1. The van der Waals surface area contributed by atoms with Gasteiger partial charge in [0.25, 0.3) is 0 Å². The molecule has 1 aromatic heterocycles. The number of phenolic OH excluding ortho intramolecular Hbond substituents is 1. The summed E-state index contributed by atoms with van der Waals surface area (Å²) in [4.78, 5) is 7.12. The first kappa shape index (κ1) is 23.8. The first-order chi connectivity index (χ1) is 17.5. The Bertz CT molecular complexity index is 1390. The van der Waals surface area contributed by atoms with Crippen molar-refractivity contribution in [2.45, 2.75) is 26.7 Å². The molecule has 2 N–H and O–H groups in total. The summed E-state index contributed by atoms with van der Waals surface area (Å²) in [5.41, 5.74) is 6.21. The number of nitrogens with zero attached hydrogens (tertiary/aromatic N) is 4. The minimum Gasteiger partial charge on any atom is -0.508 e. The predicted molar refractivity (Wildman–Crippen MR) is 141 cm³/mol. The van der Waals surface area contributed by atoms with Gasteiger partial charge in [0.1, 0.15) is 17.9 Å². The summed E-state index contributed by atoms with van der Waals surface area (Å²) >= 11 is 0. The molecule has 0 bridgehead atoms. The number of aryl methyl sites for hydroxylation is 2. The van der Waals surface area contributed by atoms with E-state index in [2.05, 4.69) is 26.5 Å². The van der Waals surface area contributed by atoms with Crippen molar-refractivity contribution in [3.8, 4) is 28.4 Å². The van der Waals surface area contributed by atoms with Crippen LogP contribution in [-0.2, 0) is 0 Å². The molecular weight excluding hydrogens is 454 g/mol. The number of benzene rings is 3. The fourth-order valence-electron chi connectivity index (χ4n) is 4.63. The van der Waals surface area contributed by atoms with Gasteiger partial charge in [-0.25, -0.2) is 4.98 Å². The maximum absolute atomic E-state index is 9.93. The van der Waals surface area contributed by atoms with Crippen LogP contribution in [0.15, 0.2) is 48.5 Å². The van der Waals surface area contributed by atoms with E-state index in [1.165, 1.54) is 12.8 Å². The van der Waals surface area contributed by atoms with Gasteiger partial charge in [0, 0.05) is 18.3 Å². The maximum Gasteiger partial charge on any atom is 0.247 e. The number of phenols is 1. The highest BCUT2D eigenvalue weighted by Crippen LogP contribution is 2.33. The summed E-state index contributed by atoms with van der Waals surface area (Å²) in [6.45, 7) is 7.87. The summed E-state index contributed by atoms with van der Waals surface area (Å²) in [5.74, 6) is 2.00. The van der Waals surface area contributed by atoms with E-state index in [4.69, 9.17) is 14.5 Å². The van der Waals surface area contributed by atoms with Gasteiger partial charge in [-0.3, -0.25) is 4.90 Å². The summed E-state index contributed by atoms with van der Waals surface area (Å²) < 4.78 is 11.5. The van der Waals surface area contributed by atoms with Gasteiger partial charge < -0.3 is 19.9 Å². The SMILES string of the molecule is COc1cc(Nc2nnc3cc(-c4cc(O)ccc4C)cc(C)c3n2)ccc1OCCN1CCCC1. The third-order valence-corrected chi connectivity index (χ3v) is 6.57. The van der Waals surface area contributed by atoms with Crippen molar-refractivity contribution in [1.82, 2.24) is 20.1 Å². The fraction of sp³-hybridized carbons (Fsp3) is 0.321. The highest BCUT2D eigenvalue weighted by atomic mass is 16.5. The molecule has 36 heavy (non-hydrogen) atoms. The topological polar surface area (TPSA) is 92.6 Å². The van der Waals surface area contributed by atoms with Crippen molar-refractivity contribution in [3.05, 3.63) is 59.7 Å². The molecule has 0 atom stereocenters. The number of rotatable bonds is 8. The van der Waals surface area contributed by atoms with Crippen LogP contribution in [0.5, 0.6) is 17.2 Å². The Hall–Kier alpha value is -3.91. The lowest BCUT2D eigenvalue weighted by molar-refractivity contribution is 0.230. The van der Waals surface area contributed by atoms with Gasteiger partial charge in [-0.05, 0) is 98.4 Å². The Morgan fingerprint density at radius 2 is 1.78 bits per heavy atom. The van der Waals surface area contributed by atoms with Gasteiger partial charge in [0.15, 0.2) is 11.5 Å². The van der Waals surface area contributed by atoms with E-state index in [1.807, 2.05) is 44.2 Å². The van der Waals surface area contributed by atoms with E-state index in [-0.39, 0.29) is 5.75 Å². The lowest BCUT2D eigenvalue weighted by Crippen LogP contribution is -2.25. The number of ether oxygens (including phenoxy) is 2. The lowest BCUT2D eigenvalue weighted by atomic mass is 9.98. The van der Waals surface area contributed by atoms with Crippen LogP contribution < -0.4 is 14.8 Å². The average molecular weight is 486 g/mol. The number of nitrogens with one attached hydrogen (secondary N) is 1. The zero-order chi connectivity index (χ0) is 25.1. The van der Waals surface area contributed by atoms with E-state index in [9.17, 15) is 5.11 Å². The highest BCUT2D eigenvalue weighted by molar-refractivity contribution is 5.85. The van der Waals surface area contributed by atoms with Crippen molar-refractivity contribution in [3.63, 3.8) is 0 Å². The van der Waals surface area contributed by atoms with Gasteiger partial charge in [-0.2, -0.15) is 0 Å². The zero-order valence-electron chi connectivity index (χ0n) is 20.9. The molecule has 2 heterocycles. The standard InChI is InChI=1S/C28H31N5O3/c1-18-6-8-22(34)17-23(18)20-14-19(2)27-24(15-20)31-32-28(30-27)29-21-7-9-25(26(16-21)35-3)36-13-12-33-10-4-5-11-33/h6-9,14-17,34H,4-5,10-13H2,1-3H3,(H,29,30,32). The van der Waals surface area contributed by atoms with Gasteiger partial charge in [0.05, 0.1) is 12.6 Å². The van der Waals surface area contributed by atoms with Gasteiger partial charge in [-0.1, -0.05) is 6.07 Å². The second-order valence-corrected chi connectivity index (χ2v) is 9.18. The van der Waals surface area contributed by atoms with E-state index >= 15 is 0 Å². The average Bonchev–Trinajstić information content (AvgIpc) is 3.40. The first-order valence-electron chi connectivity index (χ1n) is 12.3. The molecule has 1 aliphatic heterocycles. The van der Waals surface area contributed by atoms with E-state index in [0.717, 1.165) is 53.1 Å². The van der Waals surface area contributed by atoms with Gasteiger partial charge in [0.2, 0.25) is 5.95 Å². The molecule has 3 aromatic carbocycles. The van der Waals surface area contributed by atoms with Crippen molar-refractivity contribution >= 4 is 22.7 Å². The van der Waals surface area contributed by atoms with Crippen molar-refractivity contribution in [2.24, 2.45) is 0 Å².